The molecule has 0 aliphatic carbocycles. The van der Waals surface area contributed by atoms with Gasteiger partial charge in [-0.2, -0.15) is 9.59 Å². The second-order valence-corrected chi connectivity index (χ2v) is 4.31. The zero-order valence-electron chi connectivity index (χ0n) is 12.1. The van der Waals surface area contributed by atoms with Gasteiger partial charge in [-0.1, -0.05) is 0 Å². The summed E-state index contributed by atoms with van der Waals surface area (Å²) >= 11 is 0. The van der Waals surface area contributed by atoms with Crippen LogP contribution in [0, 0.1) is 17.0 Å². The number of non-ortho nitro benzene ring substituents is 1. The van der Waals surface area contributed by atoms with E-state index in [-0.39, 0.29) is 24.0 Å². The Morgan fingerprint density at radius 1 is 1.26 bits per heavy atom. The van der Waals surface area contributed by atoms with Crippen molar-refractivity contribution in [1.29, 1.82) is 0 Å². The number of carbonyl (C=O) groups excluding carboxylic acids is 3. The summed E-state index contributed by atoms with van der Waals surface area (Å²) in [5.74, 6) is -0.190. The molecule has 0 N–H and O–H groups in total. The van der Waals surface area contributed by atoms with Gasteiger partial charge in [0, 0.05) is 18.3 Å². The predicted molar refractivity (Wildman–Crippen MR) is 76.4 cm³/mol. The molecule has 0 radical (unpaired) electrons. The van der Waals surface area contributed by atoms with Gasteiger partial charge in [0.2, 0.25) is 0 Å². The summed E-state index contributed by atoms with van der Waals surface area (Å²) < 4.78 is 5.09. The zero-order chi connectivity index (χ0) is 17.2. The summed E-state index contributed by atoms with van der Waals surface area (Å²) in [5, 5.41) is 10.5. The van der Waals surface area contributed by atoms with Crippen LogP contribution in [0.3, 0.4) is 0 Å². The molecule has 2 aromatic rings. The Morgan fingerprint density at radius 2 is 1.87 bits per heavy atom. The first-order chi connectivity index (χ1) is 11.0. The van der Waals surface area contributed by atoms with Crippen LogP contribution in [0.2, 0.25) is 0 Å². The summed E-state index contributed by atoms with van der Waals surface area (Å²) in [7, 11) is 0. The summed E-state index contributed by atoms with van der Waals surface area (Å²) in [6.45, 7) is 1.91. The lowest BCUT2D eigenvalue weighted by atomic mass is 10.2. The third-order valence-corrected chi connectivity index (χ3v) is 2.58. The van der Waals surface area contributed by atoms with Crippen LogP contribution in [0.5, 0.6) is 5.75 Å². The number of nitro benzene ring substituents is 1. The van der Waals surface area contributed by atoms with Crippen molar-refractivity contribution in [3.8, 4) is 5.75 Å². The van der Waals surface area contributed by atoms with Crippen LogP contribution in [0.15, 0.2) is 42.6 Å². The minimum Gasteiger partial charge on any atom is -0.426 e. The maximum Gasteiger partial charge on any atom is 0.373 e. The molecule has 1 aromatic carbocycles. The van der Waals surface area contributed by atoms with Crippen LogP contribution < -0.4 is 4.74 Å². The molecule has 0 saturated heterocycles. The second kappa shape index (κ2) is 8.81. The first-order valence-electron chi connectivity index (χ1n) is 6.32. The van der Waals surface area contributed by atoms with E-state index in [4.69, 9.17) is 14.3 Å². The molecule has 118 valence electrons. The van der Waals surface area contributed by atoms with Crippen LogP contribution in [0.1, 0.15) is 11.3 Å². The molecule has 0 amide bonds. The van der Waals surface area contributed by atoms with E-state index < -0.39 is 10.9 Å². The standard InChI is InChI=1S/C14H12N2O4.CO2/c1-10-6-7-15-11(8-10)9-14(17)20-13-4-2-12(3-5-13)16(18)19;2-1-3/h2-8H,9H2,1H3;. The molecule has 1 heterocycles. The molecular formula is C15H12N2O6. The topological polar surface area (TPSA) is 116 Å². The van der Waals surface area contributed by atoms with Crippen LogP contribution in [-0.4, -0.2) is 22.0 Å². The molecule has 0 saturated carbocycles. The highest BCUT2D eigenvalue weighted by Crippen LogP contribution is 2.17. The van der Waals surface area contributed by atoms with Gasteiger partial charge in [-0.3, -0.25) is 19.9 Å². The number of hydrogen-bond donors (Lipinski definition) is 0. The fraction of sp³-hybridized carbons (Fsp3) is 0.133. The number of esters is 1. The minimum absolute atomic E-state index is 0.0508. The Kier molecular flexibility index (Phi) is 6.77. The van der Waals surface area contributed by atoms with Crippen molar-refractivity contribution in [1.82, 2.24) is 4.98 Å². The monoisotopic (exact) mass is 316 g/mol. The van der Waals surface area contributed by atoms with Crippen molar-refractivity contribution in [2.75, 3.05) is 0 Å². The maximum absolute atomic E-state index is 11.7. The number of aromatic nitrogens is 1. The van der Waals surface area contributed by atoms with E-state index in [1.807, 2.05) is 13.0 Å². The van der Waals surface area contributed by atoms with E-state index in [2.05, 4.69) is 4.98 Å². The van der Waals surface area contributed by atoms with Gasteiger partial charge in [0.25, 0.3) is 5.69 Å². The van der Waals surface area contributed by atoms with Crippen LogP contribution in [-0.2, 0) is 20.8 Å². The maximum atomic E-state index is 11.7. The average molecular weight is 316 g/mol. The van der Waals surface area contributed by atoms with Crippen molar-refractivity contribution >= 4 is 17.8 Å². The van der Waals surface area contributed by atoms with Crippen molar-refractivity contribution in [2.45, 2.75) is 13.3 Å². The van der Waals surface area contributed by atoms with E-state index in [1.54, 1.807) is 12.3 Å². The minimum atomic E-state index is -0.512. The number of hydrogen-bond acceptors (Lipinski definition) is 7. The molecule has 8 heteroatoms. The largest absolute Gasteiger partial charge is 0.426 e. The number of aryl methyl sites for hydroxylation is 1. The molecule has 0 aliphatic heterocycles. The lowest BCUT2D eigenvalue weighted by Crippen LogP contribution is -2.12. The summed E-state index contributed by atoms with van der Waals surface area (Å²) in [6.07, 6.45) is 1.93. The molecule has 8 nitrogen and oxygen atoms in total. The molecule has 0 aliphatic rings. The van der Waals surface area contributed by atoms with Crippen molar-refractivity contribution in [3.63, 3.8) is 0 Å². The van der Waals surface area contributed by atoms with Gasteiger partial charge in [0.05, 0.1) is 17.0 Å². The van der Waals surface area contributed by atoms with Crippen molar-refractivity contribution in [3.05, 3.63) is 64.0 Å². The smallest absolute Gasteiger partial charge is 0.373 e. The molecule has 2 rings (SSSR count). The van der Waals surface area contributed by atoms with Crippen molar-refractivity contribution in [2.24, 2.45) is 0 Å². The van der Waals surface area contributed by atoms with E-state index >= 15 is 0 Å². The summed E-state index contributed by atoms with van der Waals surface area (Å²) in [6, 6.07) is 8.99. The number of ether oxygens (including phenoxy) is 1. The molecule has 0 unspecified atom stereocenters. The Labute approximate surface area is 130 Å². The fourth-order valence-corrected chi connectivity index (χ4v) is 1.65. The Bertz CT molecular complexity index is 721. The fourth-order valence-electron chi connectivity index (χ4n) is 1.65. The molecular weight excluding hydrogens is 304 g/mol. The number of nitrogens with zero attached hydrogens (tertiary/aromatic N) is 2. The highest BCUT2D eigenvalue weighted by Gasteiger charge is 2.09. The van der Waals surface area contributed by atoms with Crippen molar-refractivity contribution < 1.29 is 24.0 Å². The highest BCUT2D eigenvalue weighted by atomic mass is 16.6. The van der Waals surface area contributed by atoms with Crippen LogP contribution >= 0.6 is 0 Å². The first-order valence-corrected chi connectivity index (χ1v) is 6.32. The van der Waals surface area contributed by atoms with Crippen LogP contribution in [0.4, 0.5) is 5.69 Å². The number of rotatable bonds is 4. The van der Waals surface area contributed by atoms with Crippen LogP contribution in [0.25, 0.3) is 0 Å². The molecule has 0 fully saturated rings. The lowest BCUT2D eigenvalue weighted by Gasteiger charge is -2.04. The van der Waals surface area contributed by atoms with E-state index in [9.17, 15) is 14.9 Å². The van der Waals surface area contributed by atoms with E-state index in [0.717, 1.165) is 5.56 Å². The molecule has 23 heavy (non-hydrogen) atoms. The Balaban J connectivity index is 0.000000816. The SMILES string of the molecule is Cc1ccnc(CC(=O)Oc2ccc([N+](=O)[O-])cc2)c1.O=C=O. The van der Waals surface area contributed by atoms with E-state index in [0.29, 0.717) is 5.69 Å². The molecule has 1 aromatic heterocycles. The number of benzene rings is 1. The van der Waals surface area contributed by atoms with Gasteiger partial charge >= 0.3 is 12.1 Å². The lowest BCUT2D eigenvalue weighted by molar-refractivity contribution is -0.384. The zero-order valence-corrected chi connectivity index (χ0v) is 12.1. The number of carbonyl (C=O) groups is 1. The van der Waals surface area contributed by atoms with Gasteiger partial charge in [0.1, 0.15) is 5.75 Å². The normalized spacial score (nSPS) is 9.09. The van der Waals surface area contributed by atoms with Gasteiger partial charge in [-0.05, 0) is 36.8 Å². The Hall–Kier alpha value is -3.38. The van der Waals surface area contributed by atoms with Gasteiger partial charge in [-0.25, -0.2) is 0 Å². The predicted octanol–water partition coefficient (Wildman–Crippen LogP) is 1.86. The number of nitro groups is 1. The second-order valence-electron chi connectivity index (χ2n) is 4.31. The summed E-state index contributed by atoms with van der Waals surface area (Å²) in [4.78, 5) is 42.0. The highest BCUT2D eigenvalue weighted by molar-refractivity contribution is 5.74. The molecule has 0 bridgehead atoms. The average Bonchev–Trinajstić information content (AvgIpc) is 2.48. The quantitative estimate of drug-likeness (QED) is 0.366. The number of pyridine rings is 1. The van der Waals surface area contributed by atoms with Gasteiger partial charge < -0.3 is 4.74 Å². The van der Waals surface area contributed by atoms with E-state index in [1.165, 1.54) is 24.3 Å². The Morgan fingerprint density at radius 3 is 2.39 bits per heavy atom. The third kappa shape index (κ3) is 6.28. The molecule has 0 spiro atoms. The molecule has 0 atom stereocenters. The first kappa shape index (κ1) is 17.7. The van der Waals surface area contributed by atoms with Gasteiger partial charge in [0.15, 0.2) is 0 Å². The van der Waals surface area contributed by atoms with Gasteiger partial charge in [-0.15, -0.1) is 0 Å². The third-order valence-electron chi connectivity index (χ3n) is 2.58. The summed E-state index contributed by atoms with van der Waals surface area (Å²) in [5.41, 5.74) is 1.58.